The van der Waals surface area contributed by atoms with E-state index in [1.807, 2.05) is 36.4 Å². The van der Waals surface area contributed by atoms with E-state index in [-0.39, 0.29) is 5.75 Å². The summed E-state index contributed by atoms with van der Waals surface area (Å²) in [4.78, 5) is 7.03. The van der Waals surface area contributed by atoms with E-state index in [4.69, 9.17) is 4.84 Å². The van der Waals surface area contributed by atoms with Crippen LogP contribution in [0.5, 0.6) is 5.75 Å². The first-order valence-corrected chi connectivity index (χ1v) is 5.67. The van der Waals surface area contributed by atoms with E-state index in [9.17, 15) is 5.11 Å². The lowest BCUT2D eigenvalue weighted by molar-refractivity contribution is 0.0795. The van der Waals surface area contributed by atoms with Gasteiger partial charge in [-0.1, -0.05) is 41.2 Å². The van der Waals surface area contributed by atoms with Gasteiger partial charge in [-0.15, -0.1) is 5.10 Å². The van der Waals surface area contributed by atoms with Gasteiger partial charge in [0.15, 0.2) is 0 Å². The molecule has 0 aliphatic rings. The van der Waals surface area contributed by atoms with E-state index in [0.29, 0.717) is 12.0 Å². The van der Waals surface area contributed by atoms with Crippen LogP contribution in [0.4, 0.5) is 0 Å². The Kier molecular flexibility index (Phi) is 2.61. The van der Waals surface area contributed by atoms with Crippen molar-refractivity contribution in [1.29, 1.82) is 0 Å². The van der Waals surface area contributed by atoms with Gasteiger partial charge >= 0.3 is 0 Å². The first-order valence-electron chi connectivity index (χ1n) is 5.67. The third-order valence-electron chi connectivity index (χ3n) is 2.75. The van der Waals surface area contributed by atoms with Crippen LogP contribution in [0.1, 0.15) is 5.56 Å². The van der Waals surface area contributed by atoms with Gasteiger partial charge in [-0.25, -0.2) is 0 Å². The predicted molar refractivity (Wildman–Crippen MR) is 68.1 cm³/mol. The van der Waals surface area contributed by atoms with E-state index in [2.05, 4.69) is 5.10 Å². The number of aromatic nitrogens is 2. The molecule has 0 saturated carbocycles. The molecule has 3 aromatic rings. The van der Waals surface area contributed by atoms with Crippen LogP contribution in [0.3, 0.4) is 0 Å². The van der Waals surface area contributed by atoms with E-state index in [1.54, 1.807) is 18.3 Å². The summed E-state index contributed by atoms with van der Waals surface area (Å²) in [5, 5.41) is 14.5. The van der Waals surface area contributed by atoms with Crippen molar-refractivity contribution in [2.24, 2.45) is 0 Å². The number of benzene rings is 2. The number of hydrogen-bond acceptors (Lipinski definition) is 3. The fourth-order valence-electron chi connectivity index (χ4n) is 1.83. The molecule has 90 valence electrons. The Balaban J connectivity index is 1.85. The summed E-state index contributed by atoms with van der Waals surface area (Å²) in [5.74, 6) is 0.210. The van der Waals surface area contributed by atoms with Gasteiger partial charge in [0, 0.05) is 0 Å². The predicted octanol–water partition coefficient (Wildman–Crippen LogP) is 2.37. The van der Waals surface area contributed by atoms with Crippen molar-refractivity contribution < 1.29 is 9.94 Å². The summed E-state index contributed by atoms with van der Waals surface area (Å²) in [6.07, 6.45) is 1.59. The fourth-order valence-corrected chi connectivity index (χ4v) is 1.83. The van der Waals surface area contributed by atoms with Crippen LogP contribution in [0, 0.1) is 0 Å². The molecule has 1 N–H and O–H groups in total. The SMILES string of the molecule is Oc1cccc2c1cnn2OCc1ccccc1. The molecular formula is C14H12N2O2. The van der Waals surface area contributed by atoms with Gasteiger partial charge in [-0.05, 0) is 17.7 Å². The Bertz CT molecular complexity index is 662. The van der Waals surface area contributed by atoms with Crippen LogP contribution in [-0.4, -0.2) is 15.1 Å². The van der Waals surface area contributed by atoms with Gasteiger partial charge in [0.05, 0.1) is 11.6 Å². The average Bonchev–Trinajstić information content (AvgIpc) is 2.82. The molecule has 4 heteroatoms. The zero-order valence-corrected chi connectivity index (χ0v) is 9.65. The van der Waals surface area contributed by atoms with Gasteiger partial charge < -0.3 is 9.94 Å². The second-order valence-electron chi connectivity index (χ2n) is 3.99. The van der Waals surface area contributed by atoms with E-state index in [0.717, 1.165) is 11.1 Å². The summed E-state index contributed by atoms with van der Waals surface area (Å²) >= 11 is 0. The van der Waals surface area contributed by atoms with Crippen LogP contribution in [0.25, 0.3) is 10.9 Å². The molecule has 0 saturated heterocycles. The molecule has 2 aromatic carbocycles. The highest BCUT2D eigenvalue weighted by molar-refractivity contribution is 5.84. The molecule has 0 aliphatic carbocycles. The Morgan fingerprint density at radius 1 is 1.06 bits per heavy atom. The largest absolute Gasteiger partial charge is 0.507 e. The molecule has 0 bridgehead atoms. The van der Waals surface area contributed by atoms with Crippen molar-refractivity contribution in [1.82, 2.24) is 9.94 Å². The number of rotatable bonds is 3. The lowest BCUT2D eigenvalue weighted by Crippen LogP contribution is -2.12. The molecule has 0 unspecified atom stereocenters. The van der Waals surface area contributed by atoms with Crippen molar-refractivity contribution in [3.8, 4) is 5.75 Å². The average molecular weight is 240 g/mol. The van der Waals surface area contributed by atoms with E-state index in [1.165, 1.54) is 4.85 Å². The molecule has 4 nitrogen and oxygen atoms in total. The van der Waals surface area contributed by atoms with Crippen LogP contribution >= 0.6 is 0 Å². The Hall–Kier alpha value is -2.49. The van der Waals surface area contributed by atoms with Gasteiger partial charge in [-0.2, -0.15) is 0 Å². The molecule has 0 radical (unpaired) electrons. The molecular weight excluding hydrogens is 228 g/mol. The standard InChI is InChI=1S/C14H12N2O2/c17-14-8-4-7-13-12(14)9-15-16(13)18-10-11-5-2-1-3-6-11/h1-9,17H,10H2. The minimum Gasteiger partial charge on any atom is -0.507 e. The lowest BCUT2D eigenvalue weighted by Gasteiger charge is -2.06. The number of nitrogens with zero attached hydrogens (tertiary/aromatic N) is 2. The van der Waals surface area contributed by atoms with Crippen LogP contribution in [0.2, 0.25) is 0 Å². The molecule has 0 aliphatic heterocycles. The summed E-state index contributed by atoms with van der Waals surface area (Å²) in [6.45, 7) is 0.438. The molecule has 18 heavy (non-hydrogen) atoms. The third kappa shape index (κ3) is 1.88. The normalized spacial score (nSPS) is 10.7. The molecule has 0 spiro atoms. The number of phenols is 1. The smallest absolute Gasteiger partial charge is 0.142 e. The highest BCUT2D eigenvalue weighted by atomic mass is 16.7. The minimum absolute atomic E-state index is 0.210. The van der Waals surface area contributed by atoms with Crippen molar-refractivity contribution >= 4 is 10.9 Å². The number of phenolic OH excluding ortho intramolecular Hbond substituents is 1. The van der Waals surface area contributed by atoms with Crippen molar-refractivity contribution in [2.75, 3.05) is 0 Å². The molecule has 0 atom stereocenters. The van der Waals surface area contributed by atoms with Crippen LogP contribution in [0.15, 0.2) is 54.7 Å². The lowest BCUT2D eigenvalue weighted by atomic mass is 10.2. The second-order valence-corrected chi connectivity index (χ2v) is 3.99. The van der Waals surface area contributed by atoms with E-state index < -0.39 is 0 Å². The molecule has 3 rings (SSSR count). The molecule has 0 fully saturated rings. The molecule has 1 aromatic heterocycles. The quantitative estimate of drug-likeness (QED) is 0.764. The fraction of sp³-hybridized carbons (Fsp3) is 0.0714. The number of fused-ring (bicyclic) bond motifs is 1. The van der Waals surface area contributed by atoms with Crippen LogP contribution < -0.4 is 4.84 Å². The topological polar surface area (TPSA) is 47.3 Å². The Morgan fingerprint density at radius 2 is 1.89 bits per heavy atom. The maximum Gasteiger partial charge on any atom is 0.142 e. The highest BCUT2D eigenvalue weighted by Gasteiger charge is 2.06. The Labute approximate surface area is 104 Å². The third-order valence-corrected chi connectivity index (χ3v) is 2.75. The van der Waals surface area contributed by atoms with Gasteiger partial charge in [0.25, 0.3) is 0 Å². The summed E-state index contributed by atoms with van der Waals surface area (Å²) in [7, 11) is 0. The summed E-state index contributed by atoms with van der Waals surface area (Å²) in [5.41, 5.74) is 1.83. The van der Waals surface area contributed by atoms with Crippen LogP contribution in [-0.2, 0) is 6.61 Å². The van der Waals surface area contributed by atoms with Crippen molar-refractivity contribution in [3.63, 3.8) is 0 Å². The van der Waals surface area contributed by atoms with Crippen molar-refractivity contribution in [3.05, 3.63) is 60.3 Å². The minimum atomic E-state index is 0.210. The maximum absolute atomic E-state index is 9.66. The van der Waals surface area contributed by atoms with E-state index >= 15 is 0 Å². The summed E-state index contributed by atoms with van der Waals surface area (Å²) in [6, 6.07) is 15.1. The monoisotopic (exact) mass is 240 g/mol. The van der Waals surface area contributed by atoms with Gasteiger partial charge in [-0.3, -0.25) is 0 Å². The zero-order chi connectivity index (χ0) is 12.4. The van der Waals surface area contributed by atoms with Crippen molar-refractivity contribution in [2.45, 2.75) is 6.61 Å². The second kappa shape index (κ2) is 4.41. The number of aromatic hydroxyl groups is 1. The zero-order valence-electron chi connectivity index (χ0n) is 9.65. The number of hydrogen-bond donors (Lipinski definition) is 1. The first-order chi connectivity index (χ1) is 8.84. The summed E-state index contributed by atoms with van der Waals surface area (Å²) < 4.78 is 0. The van der Waals surface area contributed by atoms with Gasteiger partial charge in [0.1, 0.15) is 17.9 Å². The van der Waals surface area contributed by atoms with Gasteiger partial charge in [0.2, 0.25) is 0 Å². The maximum atomic E-state index is 9.66. The first kappa shape index (κ1) is 10.7. The highest BCUT2D eigenvalue weighted by Crippen LogP contribution is 2.23. The Morgan fingerprint density at radius 3 is 2.72 bits per heavy atom. The molecule has 0 amide bonds. The molecule has 1 heterocycles.